The normalized spacial score (nSPS) is 10.5. The minimum Gasteiger partial charge on any atom is -0.331 e. The van der Waals surface area contributed by atoms with Crippen LogP contribution in [0.4, 0.5) is 0 Å². The number of nitrogens with one attached hydrogen (secondary N) is 2. The summed E-state index contributed by atoms with van der Waals surface area (Å²) in [6.45, 7) is 0. The van der Waals surface area contributed by atoms with Gasteiger partial charge in [-0.1, -0.05) is 30.3 Å². The summed E-state index contributed by atoms with van der Waals surface area (Å²) in [5.74, 6) is -0.0469. The van der Waals surface area contributed by atoms with Crippen molar-refractivity contribution in [3.63, 3.8) is 0 Å². The van der Waals surface area contributed by atoms with Crippen LogP contribution in [-0.4, -0.2) is 21.4 Å². The summed E-state index contributed by atoms with van der Waals surface area (Å²) < 4.78 is 1.87. The van der Waals surface area contributed by atoms with Gasteiger partial charge in [0.25, 0.3) is 5.91 Å². The van der Waals surface area contributed by atoms with Crippen LogP contribution in [0.5, 0.6) is 0 Å². The molecule has 0 spiro atoms. The fourth-order valence-electron chi connectivity index (χ4n) is 2.33. The molecule has 2 N–H and O–H groups in total. The summed E-state index contributed by atoms with van der Waals surface area (Å²) in [6.07, 6.45) is 0.0836. The lowest BCUT2D eigenvalue weighted by Crippen LogP contribution is -2.42. The fourth-order valence-corrected chi connectivity index (χ4v) is 2.33. The van der Waals surface area contributed by atoms with Crippen molar-refractivity contribution in [3.05, 3.63) is 66.0 Å². The second kappa shape index (κ2) is 6.31. The van der Waals surface area contributed by atoms with E-state index < -0.39 is 0 Å². The molecular formula is C17H16N4O2. The summed E-state index contributed by atoms with van der Waals surface area (Å²) >= 11 is 0. The summed E-state index contributed by atoms with van der Waals surface area (Å²) in [5.41, 5.74) is 7.09. The van der Waals surface area contributed by atoms with E-state index in [0.717, 1.165) is 11.0 Å². The van der Waals surface area contributed by atoms with Crippen molar-refractivity contribution in [2.45, 2.75) is 6.42 Å². The second-order valence-corrected chi connectivity index (χ2v) is 5.12. The van der Waals surface area contributed by atoms with Gasteiger partial charge in [-0.3, -0.25) is 20.4 Å². The zero-order valence-electron chi connectivity index (χ0n) is 12.6. The number of imidazole rings is 1. The number of hydrazine groups is 1. The molecule has 0 saturated carbocycles. The lowest BCUT2D eigenvalue weighted by atomic mass is 10.2. The SMILES string of the molecule is Cn1c(CC(=O)NNC(=O)c2ccccc2)nc2ccccc21. The Morgan fingerprint density at radius 2 is 1.70 bits per heavy atom. The molecule has 3 aromatic rings. The smallest absolute Gasteiger partial charge is 0.269 e. The van der Waals surface area contributed by atoms with Gasteiger partial charge in [-0.15, -0.1) is 0 Å². The van der Waals surface area contributed by atoms with Crippen molar-refractivity contribution < 1.29 is 9.59 Å². The average molecular weight is 308 g/mol. The van der Waals surface area contributed by atoms with Gasteiger partial charge in [0, 0.05) is 12.6 Å². The highest BCUT2D eigenvalue weighted by Crippen LogP contribution is 2.14. The zero-order valence-corrected chi connectivity index (χ0v) is 12.6. The molecule has 0 radical (unpaired) electrons. The van der Waals surface area contributed by atoms with Crippen LogP contribution in [0.3, 0.4) is 0 Å². The zero-order chi connectivity index (χ0) is 16.2. The molecular weight excluding hydrogens is 292 g/mol. The third kappa shape index (κ3) is 3.21. The molecule has 3 rings (SSSR count). The second-order valence-electron chi connectivity index (χ2n) is 5.12. The number of hydrogen-bond donors (Lipinski definition) is 2. The number of rotatable bonds is 3. The molecule has 0 unspecified atom stereocenters. The van der Waals surface area contributed by atoms with E-state index in [-0.39, 0.29) is 18.2 Å². The molecule has 2 amide bonds. The van der Waals surface area contributed by atoms with E-state index in [0.29, 0.717) is 11.4 Å². The minimum atomic E-state index is -0.357. The summed E-state index contributed by atoms with van der Waals surface area (Å²) in [6, 6.07) is 16.4. The van der Waals surface area contributed by atoms with E-state index >= 15 is 0 Å². The van der Waals surface area contributed by atoms with Crippen molar-refractivity contribution in [1.82, 2.24) is 20.4 Å². The number of hydrogen-bond acceptors (Lipinski definition) is 3. The van der Waals surface area contributed by atoms with Crippen LogP contribution in [0.1, 0.15) is 16.2 Å². The highest BCUT2D eigenvalue weighted by molar-refractivity contribution is 5.95. The fraction of sp³-hybridized carbons (Fsp3) is 0.118. The highest BCUT2D eigenvalue weighted by atomic mass is 16.2. The first-order chi connectivity index (χ1) is 11.1. The molecule has 0 saturated heterocycles. The van der Waals surface area contributed by atoms with Gasteiger partial charge >= 0.3 is 0 Å². The maximum absolute atomic E-state index is 12.0. The van der Waals surface area contributed by atoms with Gasteiger partial charge in [0.05, 0.1) is 17.5 Å². The molecule has 0 aliphatic carbocycles. The Kier molecular flexibility index (Phi) is 4.05. The molecule has 0 aliphatic rings. The molecule has 0 bridgehead atoms. The third-order valence-corrected chi connectivity index (χ3v) is 3.55. The largest absolute Gasteiger partial charge is 0.331 e. The third-order valence-electron chi connectivity index (χ3n) is 3.55. The van der Waals surface area contributed by atoms with Crippen LogP contribution >= 0.6 is 0 Å². The average Bonchev–Trinajstić information content (AvgIpc) is 2.90. The molecule has 1 aromatic heterocycles. The van der Waals surface area contributed by atoms with Crippen molar-refractivity contribution in [2.75, 3.05) is 0 Å². The maximum atomic E-state index is 12.0. The Balaban J connectivity index is 1.63. The van der Waals surface area contributed by atoms with Crippen LogP contribution in [0.2, 0.25) is 0 Å². The number of amides is 2. The number of carbonyl (C=O) groups is 2. The van der Waals surface area contributed by atoms with Gasteiger partial charge in [-0.25, -0.2) is 4.98 Å². The molecule has 0 fully saturated rings. The van der Waals surface area contributed by atoms with Crippen molar-refractivity contribution in [3.8, 4) is 0 Å². The Bertz CT molecular complexity index is 855. The lowest BCUT2D eigenvalue weighted by molar-refractivity contribution is -0.121. The lowest BCUT2D eigenvalue weighted by Gasteiger charge is -2.07. The van der Waals surface area contributed by atoms with Gasteiger partial charge in [0.1, 0.15) is 5.82 Å². The van der Waals surface area contributed by atoms with E-state index in [2.05, 4.69) is 15.8 Å². The first-order valence-corrected chi connectivity index (χ1v) is 7.20. The van der Waals surface area contributed by atoms with Gasteiger partial charge < -0.3 is 4.57 Å². The number of benzene rings is 2. The Morgan fingerprint density at radius 3 is 2.43 bits per heavy atom. The van der Waals surface area contributed by atoms with Crippen LogP contribution in [0.15, 0.2) is 54.6 Å². The summed E-state index contributed by atoms with van der Waals surface area (Å²) in [5, 5.41) is 0. The Labute approximate surface area is 133 Å². The topological polar surface area (TPSA) is 76.0 Å². The molecule has 1 heterocycles. The van der Waals surface area contributed by atoms with Gasteiger partial charge in [-0.2, -0.15) is 0 Å². The van der Waals surface area contributed by atoms with Crippen LogP contribution < -0.4 is 10.9 Å². The molecule has 6 nitrogen and oxygen atoms in total. The number of para-hydroxylation sites is 2. The van der Waals surface area contributed by atoms with Crippen molar-refractivity contribution in [1.29, 1.82) is 0 Å². The standard InChI is InChI=1S/C17H16N4O2/c1-21-14-10-6-5-9-13(14)18-15(21)11-16(22)19-20-17(23)12-7-3-2-4-8-12/h2-10H,11H2,1H3,(H,19,22)(H,20,23). The number of nitrogens with zero attached hydrogens (tertiary/aromatic N) is 2. The predicted molar refractivity (Wildman–Crippen MR) is 86.5 cm³/mol. The number of aromatic nitrogens is 2. The molecule has 0 aliphatic heterocycles. The first kappa shape index (κ1) is 14.8. The quantitative estimate of drug-likeness (QED) is 0.721. The van der Waals surface area contributed by atoms with E-state index in [1.807, 2.05) is 41.9 Å². The number of fused-ring (bicyclic) bond motifs is 1. The Hall–Kier alpha value is -3.15. The first-order valence-electron chi connectivity index (χ1n) is 7.20. The van der Waals surface area contributed by atoms with Gasteiger partial charge in [0.15, 0.2) is 0 Å². The minimum absolute atomic E-state index is 0.0836. The summed E-state index contributed by atoms with van der Waals surface area (Å²) in [7, 11) is 1.86. The predicted octanol–water partition coefficient (Wildman–Crippen LogP) is 1.58. The van der Waals surface area contributed by atoms with E-state index in [4.69, 9.17) is 0 Å². The van der Waals surface area contributed by atoms with Crippen molar-refractivity contribution >= 4 is 22.8 Å². The van der Waals surface area contributed by atoms with Gasteiger partial charge in [-0.05, 0) is 24.3 Å². The molecule has 0 atom stereocenters. The highest BCUT2D eigenvalue weighted by Gasteiger charge is 2.12. The number of carbonyl (C=O) groups excluding carboxylic acids is 2. The summed E-state index contributed by atoms with van der Waals surface area (Å²) in [4.78, 5) is 28.3. The van der Waals surface area contributed by atoms with Crippen LogP contribution in [-0.2, 0) is 18.3 Å². The van der Waals surface area contributed by atoms with Crippen LogP contribution in [0, 0.1) is 0 Å². The van der Waals surface area contributed by atoms with Crippen LogP contribution in [0.25, 0.3) is 11.0 Å². The molecule has 2 aromatic carbocycles. The van der Waals surface area contributed by atoms with Crippen molar-refractivity contribution in [2.24, 2.45) is 7.05 Å². The number of aryl methyl sites for hydroxylation is 1. The molecule has 23 heavy (non-hydrogen) atoms. The Morgan fingerprint density at radius 1 is 1.00 bits per heavy atom. The van der Waals surface area contributed by atoms with E-state index in [1.54, 1.807) is 24.3 Å². The molecule has 116 valence electrons. The molecule has 6 heteroatoms. The van der Waals surface area contributed by atoms with E-state index in [9.17, 15) is 9.59 Å². The monoisotopic (exact) mass is 308 g/mol. The van der Waals surface area contributed by atoms with Gasteiger partial charge in [0.2, 0.25) is 5.91 Å². The van der Waals surface area contributed by atoms with E-state index in [1.165, 1.54) is 0 Å². The maximum Gasteiger partial charge on any atom is 0.269 e.